The first-order valence-electron chi connectivity index (χ1n) is 10.4. The fraction of sp³-hybridized carbons (Fsp3) is 0.458. The van der Waals surface area contributed by atoms with Crippen LogP contribution in [0.15, 0.2) is 42.5 Å². The summed E-state index contributed by atoms with van der Waals surface area (Å²) in [5.41, 5.74) is 4.08. The molecule has 2 aromatic carbocycles. The number of ether oxygens (including phenoxy) is 2. The summed E-state index contributed by atoms with van der Waals surface area (Å²) in [5, 5.41) is 3.19. The van der Waals surface area contributed by atoms with E-state index in [1.165, 1.54) is 36.0 Å². The van der Waals surface area contributed by atoms with E-state index in [-0.39, 0.29) is 11.9 Å². The number of hydrogen-bond acceptors (Lipinski definition) is 3. The van der Waals surface area contributed by atoms with E-state index >= 15 is 0 Å². The summed E-state index contributed by atoms with van der Waals surface area (Å²) in [6, 6.07) is 14.1. The van der Waals surface area contributed by atoms with E-state index in [4.69, 9.17) is 9.47 Å². The van der Waals surface area contributed by atoms with Crippen LogP contribution in [-0.4, -0.2) is 19.1 Å². The number of hydrogen-bond donors (Lipinski definition) is 1. The minimum absolute atomic E-state index is 0.00459. The van der Waals surface area contributed by atoms with Gasteiger partial charge in [-0.05, 0) is 67.3 Å². The highest BCUT2D eigenvalue weighted by Crippen LogP contribution is 2.29. The molecule has 0 saturated heterocycles. The quantitative estimate of drug-likeness (QED) is 0.700. The topological polar surface area (TPSA) is 47.6 Å². The average Bonchev–Trinajstić information content (AvgIpc) is 2.75. The first-order chi connectivity index (χ1) is 13.7. The van der Waals surface area contributed by atoms with Gasteiger partial charge < -0.3 is 14.8 Å². The first-order valence-corrected chi connectivity index (χ1v) is 10.4. The lowest BCUT2D eigenvalue weighted by molar-refractivity contribution is -0.129. The Labute approximate surface area is 168 Å². The maximum atomic E-state index is 12.9. The molecule has 0 saturated carbocycles. The van der Waals surface area contributed by atoms with Gasteiger partial charge in [0.25, 0.3) is 5.91 Å². The second-order valence-corrected chi connectivity index (χ2v) is 7.37. The highest BCUT2D eigenvalue weighted by molar-refractivity contribution is 5.81. The normalized spacial score (nSPS) is 15.2. The maximum absolute atomic E-state index is 12.9. The van der Waals surface area contributed by atoms with Crippen LogP contribution in [0.3, 0.4) is 0 Å². The van der Waals surface area contributed by atoms with Crippen LogP contribution < -0.4 is 14.8 Å². The van der Waals surface area contributed by atoms with Crippen LogP contribution in [-0.2, 0) is 17.6 Å². The molecule has 3 rings (SSSR count). The van der Waals surface area contributed by atoms with Gasteiger partial charge in [0.05, 0.1) is 13.2 Å². The Morgan fingerprint density at radius 1 is 1.00 bits per heavy atom. The smallest absolute Gasteiger partial charge is 0.261 e. The number of carbonyl (C=O) groups excluding carboxylic acids is 1. The molecule has 0 aromatic heterocycles. The van der Waals surface area contributed by atoms with Crippen molar-refractivity contribution in [3.8, 4) is 11.5 Å². The minimum atomic E-state index is -0.553. The molecule has 1 N–H and O–H groups in total. The molecule has 4 nitrogen and oxygen atoms in total. The predicted molar refractivity (Wildman–Crippen MR) is 112 cm³/mol. The Bertz CT molecular complexity index is 802. The minimum Gasteiger partial charge on any atom is -0.493 e. The number of benzene rings is 2. The molecule has 0 unspecified atom stereocenters. The van der Waals surface area contributed by atoms with Crippen molar-refractivity contribution in [1.82, 2.24) is 5.32 Å². The van der Waals surface area contributed by atoms with Gasteiger partial charge in [-0.25, -0.2) is 0 Å². The van der Waals surface area contributed by atoms with Gasteiger partial charge in [-0.15, -0.1) is 0 Å². The molecular weight excluding hydrogens is 350 g/mol. The number of para-hydroxylation sites is 2. The van der Waals surface area contributed by atoms with Crippen molar-refractivity contribution < 1.29 is 14.3 Å². The molecule has 0 heterocycles. The van der Waals surface area contributed by atoms with Crippen molar-refractivity contribution in [3.05, 3.63) is 59.2 Å². The summed E-state index contributed by atoms with van der Waals surface area (Å²) in [6.07, 6.45) is 5.72. The summed E-state index contributed by atoms with van der Waals surface area (Å²) in [6.45, 7) is 4.06. The van der Waals surface area contributed by atoms with E-state index in [0.29, 0.717) is 17.9 Å². The van der Waals surface area contributed by atoms with Gasteiger partial charge in [0.1, 0.15) is 0 Å². The number of aryl methyl sites for hydroxylation is 2. The number of fused-ring (bicyclic) bond motifs is 1. The van der Waals surface area contributed by atoms with Gasteiger partial charge in [-0.2, -0.15) is 0 Å². The molecule has 150 valence electrons. The van der Waals surface area contributed by atoms with Crippen molar-refractivity contribution in [2.45, 2.75) is 64.5 Å². The summed E-state index contributed by atoms with van der Waals surface area (Å²) in [5.74, 6) is 1.14. The highest BCUT2D eigenvalue weighted by Gasteiger charge is 2.23. The van der Waals surface area contributed by atoms with Crippen molar-refractivity contribution in [2.75, 3.05) is 7.11 Å². The fourth-order valence-corrected chi connectivity index (χ4v) is 3.85. The van der Waals surface area contributed by atoms with E-state index in [2.05, 4.69) is 30.4 Å². The standard InChI is InChI=1S/C24H31NO3/c1-4-20(19-15-14-17-10-6-7-11-18(17)16-19)25-24(26)21(5-2)28-23-13-9-8-12-22(23)27-3/h8-9,12-16,20-21H,4-7,10-11H2,1-3H3,(H,25,26)/t20-,21+/m1/s1. The van der Waals surface area contributed by atoms with Gasteiger partial charge in [0, 0.05) is 0 Å². The third-order valence-corrected chi connectivity index (χ3v) is 5.50. The van der Waals surface area contributed by atoms with Crippen molar-refractivity contribution >= 4 is 5.91 Å². The zero-order valence-electron chi connectivity index (χ0n) is 17.2. The summed E-state index contributed by atoms with van der Waals surface area (Å²) in [7, 11) is 1.60. The predicted octanol–water partition coefficient (Wildman–Crippen LogP) is 5.00. The van der Waals surface area contributed by atoms with Gasteiger partial charge in [0.15, 0.2) is 17.6 Å². The number of nitrogens with one attached hydrogen (secondary N) is 1. The summed E-state index contributed by atoms with van der Waals surface area (Å²) < 4.78 is 11.3. The third-order valence-electron chi connectivity index (χ3n) is 5.50. The Morgan fingerprint density at radius 3 is 2.39 bits per heavy atom. The molecule has 1 aliphatic rings. The largest absolute Gasteiger partial charge is 0.493 e. The van der Waals surface area contributed by atoms with E-state index in [1.807, 2.05) is 31.2 Å². The molecule has 0 fully saturated rings. The molecule has 0 spiro atoms. The van der Waals surface area contributed by atoms with Crippen LogP contribution in [0.5, 0.6) is 11.5 Å². The van der Waals surface area contributed by atoms with E-state index < -0.39 is 6.10 Å². The monoisotopic (exact) mass is 381 g/mol. The molecule has 0 bridgehead atoms. The molecule has 1 amide bonds. The van der Waals surface area contributed by atoms with Crippen LogP contribution in [0.2, 0.25) is 0 Å². The third kappa shape index (κ3) is 4.67. The summed E-state index contributed by atoms with van der Waals surface area (Å²) in [4.78, 5) is 12.9. The lowest BCUT2D eigenvalue weighted by Crippen LogP contribution is -2.40. The summed E-state index contributed by atoms with van der Waals surface area (Å²) >= 11 is 0. The number of methoxy groups -OCH3 is 1. The van der Waals surface area contributed by atoms with E-state index in [9.17, 15) is 4.79 Å². The molecule has 1 aliphatic carbocycles. The average molecular weight is 382 g/mol. The molecule has 28 heavy (non-hydrogen) atoms. The zero-order valence-corrected chi connectivity index (χ0v) is 17.2. The van der Waals surface area contributed by atoms with Crippen molar-refractivity contribution in [2.24, 2.45) is 0 Å². The Morgan fingerprint density at radius 2 is 1.71 bits per heavy atom. The van der Waals surface area contributed by atoms with Crippen molar-refractivity contribution in [3.63, 3.8) is 0 Å². The second-order valence-electron chi connectivity index (χ2n) is 7.37. The lowest BCUT2D eigenvalue weighted by Gasteiger charge is -2.24. The zero-order chi connectivity index (χ0) is 19.9. The maximum Gasteiger partial charge on any atom is 0.261 e. The van der Waals surface area contributed by atoms with Crippen LogP contribution in [0.1, 0.15) is 62.3 Å². The second kappa shape index (κ2) is 9.63. The molecule has 2 atom stereocenters. The fourth-order valence-electron chi connectivity index (χ4n) is 3.85. The van der Waals surface area contributed by atoms with Gasteiger partial charge in [0.2, 0.25) is 0 Å². The van der Waals surface area contributed by atoms with E-state index in [0.717, 1.165) is 12.8 Å². The molecular formula is C24H31NO3. The van der Waals surface area contributed by atoms with Crippen LogP contribution in [0.4, 0.5) is 0 Å². The van der Waals surface area contributed by atoms with Crippen LogP contribution in [0.25, 0.3) is 0 Å². The highest BCUT2D eigenvalue weighted by atomic mass is 16.5. The number of carbonyl (C=O) groups is 1. The lowest BCUT2D eigenvalue weighted by atomic mass is 9.88. The molecule has 2 aromatic rings. The number of amides is 1. The Balaban J connectivity index is 1.71. The number of rotatable bonds is 8. The van der Waals surface area contributed by atoms with Gasteiger partial charge in [-0.1, -0.05) is 44.2 Å². The van der Waals surface area contributed by atoms with Gasteiger partial charge in [-0.3, -0.25) is 4.79 Å². The first kappa shape index (κ1) is 20.2. The molecule has 4 heteroatoms. The SMILES string of the molecule is CC[C@H](Oc1ccccc1OC)C(=O)N[C@H](CC)c1ccc2c(c1)CCCC2. The Kier molecular flexibility index (Phi) is 6.96. The van der Waals surface area contributed by atoms with Crippen molar-refractivity contribution in [1.29, 1.82) is 0 Å². The Hall–Kier alpha value is -2.49. The molecule has 0 aliphatic heterocycles. The van der Waals surface area contributed by atoms with Gasteiger partial charge >= 0.3 is 0 Å². The molecule has 0 radical (unpaired) electrons. The van der Waals surface area contributed by atoms with Crippen LogP contribution in [0, 0.1) is 0 Å². The van der Waals surface area contributed by atoms with E-state index in [1.54, 1.807) is 7.11 Å². The van der Waals surface area contributed by atoms with Crippen LogP contribution >= 0.6 is 0 Å².